The van der Waals surface area contributed by atoms with Gasteiger partial charge in [-0.3, -0.25) is 9.59 Å². The maximum Gasteiger partial charge on any atom is 0.295 e. The first-order valence-electron chi connectivity index (χ1n) is 10.8. The Morgan fingerprint density at radius 1 is 1.03 bits per heavy atom. The average Bonchev–Trinajstić information content (AvgIpc) is 3.36. The van der Waals surface area contributed by atoms with Gasteiger partial charge in [0.15, 0.2) is 0 Å². The number of aliphatic hydroxyl groups excluding tert-OH is 1. The fourth-order valence-electron chi connectivity index (χ4n) is 4.48. The smallest absolute Gasteiger partial charge is 0.295 e. The predicted molar refractivity (Wildman–Crippen MR) is 137 cm³/mol. The van der Waals surface area contributed by atoms with E-state index in [1.165, 1.54) is 0 Å². The number of halogens is 2. The number of fused-ring (bicyclic) bond motifs is 1. The first-order chi connectivity index (χ1) is 16.4. The minimum absolute atomic E-state index is 0.0735. The Kier molecular flexibility index (Phi) is 6.02. The number of Topliss-reactive ketones (excluding diaryl/α,β-unsaturated/α-hetero) is 1. The summed E-state index contributed by atoms with van der Waals surface area (Å²) in [6.45, 7) is 0.320. The van der Waals surface area contributed by atoms with Crippen LogP contribution in [0.3, 0.4) is 0 Å². The summed E-state index contributed by atoms with van der Waals surface area (Å²) in [4.78, 5) is 31.2. The van der Waals surface area contributed by atoms with E-state index in [2.05, 4.69) is 20.9 Å². The van der Waals surface area contributed by atoms with E-state index in [1.54, 1.807) is 29.2 Å². The van der Waals surface area contributed by atoms with Crippen molar-refractivity contribution in [2.45, 2.75) is 12.5 Å². The van der Waals surface area contributed by atoms with Crippen LogP contribution in [-0.2, 0) is 16.0 Å². The van der Waals surface area contributed by atoms with Gasteiger partial charge in [0.1, 0.15) is 5.76 Å². The van der Waals surface area contributed by atoms with Gasteiger partial charge in [0, 0.05) is 38.7 Å². The van der Waals surface area contributed by atoms with Crippen molar-refractivity contribution in [2.75, 3.05) is 6.54 Å². The number of aliphatic hydroxyl groups is 1. The van der Waals surface area contributed by atoms with Gasteiger partial charge in [-0.25, -0.2) is 0 Å². The molecule has 1 amide bonds. The van der Waals surface area contributed by atoms with E-state index in [0.717, 1.165) is 26.5 Å². The van der Waals surface area contributed by atoms with Crippen molar-refractivity contribution in [3.8, 4) is 0 Å². The Morgan fingerprint density at radius 3 is 2.56 bits per heavy atom. The average molecular weight is 536 g/mol. The molecule has 34 heavy (non-hydrogen) atoms. The first-order valence-corrected chi connectivity index (χ1v) is 12.0. The van der Waals surface area contributed by atoms with E-state index in [0.29, 0.717) is 23.6 Å². The second-order valence-electron chi connectivity index (χ2n) is 8.16. The number of nitrogens with one attached hydrogen (secondary N) is 1. The highest BCUT2D eigenvalue weighted by atomic mass is 79.9. The number of hydrogen-bond acceptors (Lipinski definition) is 3. The quantitative estimate of drug-likeness (QED) is 0.180. The Labute approximate surface area is 209 Å². The number of rotatable bonds is 5. The fraction of sp³-hybridized carbons (Fsp3) is 0.111. The molecule has 0 aliphatic carbocycles. The van der Waals surface area contributed by atoms with Crippen LogP contribution in [0.25, 0.3) is 16.7 Å². The number of hydrogen-bond donors (Lipinski definition) is 2. The molecule has 1 aromatic heterocycles. The zero-order valence-electron chi connectivity index (χ0n) is 18.0. The Morgan fingerprint density at radius 2 is 1.79 bits per heavy atom. The molecule has 0 unspecified atom stereocenters. The molecule has 170 valence electrons. The third-order valence-corrected chi connectivity index (χ3v) is 6.86. The first kappa shape index (κ1) is 22.4. The standard InChI is InChI=1S/C27H20BrClN2O3/c28-19-5-3-4-17(14-19)24-23(25(32)16-8-10-20(29)11-9-16)26(33)27(34)31(24)13-12-18-15-30-22-7-2-1-6-21(18)22/h1-11,14-15,24,30,32H,12-13H2/t24-/m1/s1. The fourth-order valence-corrected chi connectivity index (χ4v) is 5.02. The highest BCUT2D eigenvalue weighted by molar-refractivity contribution is 9.10. The number of likely N-dealkylation sites (tertiary alicyclic amines) is 1. The van der Waals surface area contributed by atoms with Gasteiger partial charge in [-0.05, 0) is 60.0 Å². The van der Waals surface area contributed by atoms with Gasteiger partial charge in [-0.2, -0.15) is 0 Å². The van der Waals surface area contributed by atoms with Crippen molar-refractivity contribution in [1.29, 1.82) is 0 Å². The van der Waals surface area contributed by atoms with Crippen LogP contribution in [0.4, 0.5) is 0 Å². The summed E-state index contributed by atoms with van der Waals surface area (Å²) in [5.41, 5.74) is 3.32. The third-order valence-electron chi connectivity index (χ3n) is 6.12. The summed E-state index contributed by atoms with van der Waals surface area (Å²) >= 11 is 9.47. The van der Waals surface area contributed by atoms with Crippen LogP contribution >= 0.6 is 27.5 Å². The molecule has 1 atom stereocenters. The van der Waals surface area contributed by atoms with Gasteiger partial charge in [0.2, 0.25) is 0 Å². The highest BCUT2D eigenvalue weighted by Crippen LogP contribution is 2.40. The van der Waals surface area contributed by atoms with Crippen LogP contribution in [0.1, 0.15) is 22.7 Å². The van der Waals surface area contributed by atoms with Gasteiger partial charge in [0.05, 0.1) is 11.6 Å². The monoisotopic (exact) mass is 534 g/mol. The largest absolute Gasteiger partial charge is 0.507 e. The number of carbonyl (C=O) groups excluding carboxylic acids is 2. The normalized spacial score (nSPS) is 17.6. The molecule has 0 spiro atoms. The van der Waals surface area contributed by atoms with Gasteiger partial charge in [0.25, 0.3) is 11.7 Å². The summed E-state index contributed by atoms with van der Waals surface area (Å²) in [6, 6.07) is 21.2. The molecular formula is C27H20BrClN2O3. The number of carbonyl (C=O) groups is 2. The summed E-state index contributed by atoms with van der Waals surface area (Å²) in [5, 5.41) is 12.7. The molecule has 2 heterocycles. The molecule has 3 aromatic carbocycles. The maximum atomic E-state index is 13.2. The maximum absolute atomic E-state index is 13.2. The van der Waals surface area contributed by atoms with Crippen molar-refractivity contribution in [3.05, 3.63) is 111 Å². The van der Waals surface area contributed by atoms with Crippen molar-refractivity contribution in [3.63, 3.8) is 0 Å². The lowest BCUT2D eigenvalue weighted by molar-refractivity contribution is -0.139. The Hall–Kier alpha value is -3.35. The van der Waals surface area contributed by atoms with E-state index < -0.39 is 17.7 Å². The topological polar surface area (TPSA) is 73.4 Å². The van der Waals surface area contributed by atoms with Crippen molar-refractivity contribution in [2.24, 2.45) is 0 Å². The van der Waals surface area contributed by atoms with Crippen molar-refractivity contribution in [1.82, 2.24) is 9.88 Å². The molecule has 1 fully saturated rings. The second kappa shape index (κ2) is 9.12. The minimum Gasteiger partial charge on any atom is -0.507 e. The summed E-state index contributed by atoms with van der Waals surface area (Å²) < 4.78 is 0.818. The van der Waals surface area contributed by atoms with Gasteiger partial charge in [-0.1, -0.05) is 57.9 Å². The summed E-state index contributed by atoms with van der Waals surface area (Å²) in [6.07, 6.45) is 2.49. The molecule has 0 bridgehead atoms. The number of H-pyrrole nitrogens is 1. The highest BCUT2D eigenvalue weighted by Gasteiger charge is 2.45. The summed E-state index contributed by atoms with van der Waals surface area (Å²) in [5.74, 6) is -1.54. The zero-order valence-corrected chi connectivity index (χ0v) is 20.3. The molecular weight excluding hydrogens is 516 g/mol. The molecule has 5 rings (SSSR count). The lowest BCUT2D eigenvalue weighted by Gasteiger charge is -2.25. The van der Waals surface area contributed by atoms with Crippen LogP contribution in [0.5, 0.6) is 0 Å². The van der Waals surface area contributed by atoms with Crippen LogP contribution in [0.2, 0.25) is 5.02 Å². The lowest BCUT2D eigenvalue weighted by Crippen LogP contribution is -2.31. The summed E-state index contributed by atoms with van der Waals surface area (Å²) in [7, 11) is 0. The lowest BCUT2D eigenvalue weighted by atomic mass is 9.95. The van der Waals surface area contributed by atoms with Gasteiger partial charge in [-0.15, -0.1) is 0 Å². The van der Waals surface area contributed by atoms with Gasteiger partial charge < -0.3 is 15.0 Å². The van der Waals surface area contributed by atoms with Crippen molar-refractivity contribution < 1.29 is 14.7 Å². The molecule has 2 N–H and O–H groups in total. The molecule has 5 nitrogen and oxygen atoms in total. The van der Waals surface area contributed by atoms with Crippen LogP contribution in [-0.4, -0.2) is 33.2 Å². The number of benzene rings is 3. The van der Waals surface area contributed by atoms with Crippen LogP contribution in [0, 0.1) is 0 Å². The third kappa shape index (κ3) is 4.04. The minimum atomic E-state index is -0.710. The number of ketones is 1. The Balaban J connectivity index is 1.57. The van der Waals surface area contributed by atoms with Gasteiger partial charge >= 0.3 is 0 Å². The van der Waals surface area contributed by atoms with Crippen LogP contribution in [0.15, 0.2) is 89.0 Å². The van der Waals surface area contributed by atoms with E-state index in [-0.39, 0.29) is 11.3 Å². The van der Waals surface area contributed by atoms with E-state index in [4.69, 9.17) is 11.6 Å². The van der Waals surface area contributed by atoms with E-state index in [9.17, 15) is 14.7 Å². The zero-order chi connectivity index (χ0) is 23.8. The molecule has 7 heteroatoms. The molecule has 0 saturated carbocycles. The number of aromatic amines is 1. The second-order valence-corrected chi connectivity index (χ2v) is 9.52. The predicted octanol–water partition coefficient (Wildman–Crippen LogP) is 6.25. The van der Waals surface area contributed by atoms with E-state index in [1.807, 2.05) is 54.7 Å². The van der Waals surface area contributed by atoms with E-state index >= 15 is 0 Å². The number of nitrogens with zero attached hydrogens (tertiary/aromatic N) is 1. The Bertz CT molecular complexity index is 1440. The molecule has 1 aliphatic heterocycles. The van der Waals surface area contributed by atoms with Crippen molar-refractivity contribution >= 4 is 55.9 Å². The number of aromatic nitrogens is 1. The SMILES string of the molecule is O=C1C(=O)N(CCc2c[nH]c3ccccc23)[C@H](c2cccc(Br)c2)C1=C(O)c1ccc(Cl)cc1. The number of amides is 1. The molecule has 1 aliphatic rings. The molecule has 0 radical (unpaired) electrons. The number of para-hydroxylation sites is 1. The molecule has 4 aromatic rings. The van der Waals surface area contributed by atoms with Crippen LogP contribution < -0.4 is 0 Å². The molecule has 1 saturated heterocycles.